The number of ether oxygens (including phenoxy) is 3. The van der Waals surface area contributed by atoms with Gasteiger partial charge in [-0.25, -0.2) is 0 Å². The number of rotatable bonds is 2. The van der Waals surface area contributed by atoms with Crippen LogP contribution in [0.25, 0.3) is 0 Å². The Balaban J connectivity index is 1.91. The molecule has 2 heterocycles. The Kier molecular flexibility index (Phi) is 3.92. The van der Waals surface area contributed by atoms with Crippen LogP contribution >= 0.6 is 27.5 Å². The molecule has 0 spiro atoms. The van der Waals surface area contributed by atoms with Gasteiger partial charge in [0.25, 0.3) is 0 Å². The molecule has 3 nitrogen and oxygen atoms in total. The zero-order chi connectivity index (χ0) is 13.4. The lowest BCUT2D eigenvalue weighted by Gasteiger charge is -2.25. The van der Waals surface area contributed by atoms with Gasteiger partial charge in [-0.05, 0) is 30.0 Å². The number of alkyl halides is 1. The van der Waals surface area contributed by atoms with E-state index < -0.39 is 0 Å². The summed E-state index contributed by atoms with van der Waals surface area (Å²) in [6, 6.07) is 3.89. The lowest BCUT2D eigenvalue weighted by atomic mass is 9.96. The minimum atomic E-state index is -0.178. The van der Waals surface area contributed by atoms with Crippen molar-refractivity contribution in [3.63, 3.8) is 0 Å². The molecule has 104 valence electrons. The van der Waals surface area contributed by atoms with Crippen molar-refractivity contribution in [1.29, 1.82) is 0 Å². The second kappa shape index (κ2) is 5.51. The second-order valence-corrected chi connectivity index (χ2v) is 6.35. The molecule has 2 aliphatic heterocycles. The van der Waals surface area contributed by atoms with Crippen molar-refractivity contribution in [2.75, 3.05) is 19.8 Å². The molecule has 0 radical (unpaired) electrons. The molecular weight excluding hydrogens is 332 g/mol. The van der Waals surface area contributed by atoms with Gasteiger partial charge in [-0.15, -0.1) is 11.6 Å². The molecule has 19 heavy (non-hydrogen) atoms. The molecule has 1 fully saturated rings. The smallest absolute Gasteiger partial charge is 0.162 e. The second-order valence-electron chi connectivity index (χ2n) is 5.02. The first-order valence-electron chi connectivity index (χ1n) is 6.51. The van der Waals surface area contributed by atoms with Crippen LogP contribution in [0.15, 0.2) is 16.6 Å². The van der Waals surface area contributed by atoms with Crippen molar-refractivity contribution >= 4 is 27.5 Å². The third-order valence-electron chi connectivity index (χ3n) is 3.69. The van der Waals surface area contributed by atoms with Crippen LogP contribution in [-0.4, -0.2) is 25.9 Å². The highest BCUT2D eigenvalue weighted by molar-refractivity contribution is 9.10. The summed E-state index contributed by atoms with van der Waals surface area (Å²) in [5.41, 5.74) is 1.00. The molecule has 3 unspecified atom stereocenters. The minimum absolute atomic E-state index is 0.0560. The predicted molar refractivity (Wildman–Crippen MR) is 77.2 cm³/mol. The summed E-state index contributed by atoms with van der Waals surface area (Å²) < 4.78 is 17.9. The van der Waals surface area contributed by atoms with Gasteiger partial charge in [0.15, 0.2) is 11.5 Å². The Morgan fingerprint density at radius 2 is 1.89 bits per heavy atom. The van der Waals surface area contributed by atoms with Crippen LogP contribution in [0.5, 0.6) is 11.5 Å². The summed E-state index contributed by atoms with van der Waals surface area (Å²) in [4.78, 5) is 0. The van der Waals surface area contributed by atoms with Crippen molar-refractivity contribution in [1.82, 2.24) is 0 Å². The fraction of sp³-hybridized carbons (Fsp3) is 0.571. The summed E-state index contributed by atoms with van der Waals surface area (Å²) in [6.45, 7) is 4.14. The number of fused-ring (bicyclic) bond motifs is 1. The van der Waals surface area contributed by atoms with Crippen molar-refractivity contribution in [3.8, 4) is 11.5 Å². The van der Waals surface area contributed by atoms with E-state index in [1.54, 1.807) is 0 Å². The summed E-state index contributed by atoms with van der Waals surface area (Å²) in [6.07, 6.45) is 1.12. The first kappa shape index (κ1) is 13.5. The fourth-order valence-corrected chi connectivity index (χ4v) is 3.76. The predicted octanol–water partition coefficient (Wildman–Crippen LogP) is 3.93. The van der Waals surface area contributed by atoms with E-state index in [1.807, 2.05) is 12.1 Å². The van der Waals surface area contributed by atoms with Crippen LogP contribution in [0.2, 0.25) is 0 Å². The normalized spacial score (nSPS) is 27.3. The zero-order valence-corrected chi connectivity index (χ0v) is 13.0. The third kappa shape index (κ3) is 2.58. The molecule has 1 aromatic rings. The topological polar surface area (TPSA) is 27.7 Å². The lowest BCUT2D eigenvalue weighted by molar-refractivity contribution is 0.0900. The van der Waals surface area contributed by atoms with E-state index in [0.717, 1.165) is 34.6 Å². The number of hydrogen-bond donors (Lipinski definition) is 0. The molecule has 0 aliphatic carbocycles. The van der Waals surface area contributed by atoms with E-state index >= 15 is 0 Å². The largest absolute Gasteiger partial charge is 0.486 e. The maximum atomic E-state index is 6.60. The van der Waals surface area contributed by atoms with Crippen LogP contribution in [0, 0.1) is 5.92 Å². The highest BCUT2D eigenvalue weighted by Gasteiger charge is 2.33. The molecule has 0 saturated carbocycles. The zero-order valence-electron chi connectivity index (χ0n) is 10.7. The van der Waals surface area contributed by atoms with Gasteiger partial charge in [-0.1, -0.05) is 22.9 Å². The minimum Gasteiger partial charge on any atom is -0.486 e. The highest BCUT2D eigenvalue weighted by atomic mass is 79.9. The van der Waals surface area contributed by atoms with E-state index in [0.29, 0.717) is 19.1 Å². The Hall–Kier alpha value is -0.450. The van der Waals surface area contributed by atoms with Crippen molar-refractivity contribution in [2.24, 2.45) is 5.92 Å². The van der Waals surface area contributed by atoms with Crippen LogP contribution < -0.4 is 9.47 Å². The molecule has 3 atom stereocenters. The van der Waals surface area contributed by atoms with Crippen LogP contribution in [0.1, 0.15) is 24.3 Å². The molecule has 0 aromatic heterocycles. The summed E-state index contributed by atoms with van der Waals surface area (Å²) in [5, 5.41) is -0.178. The van der Waals surface area contributed by atoms with Crippen LogP contribution in [0.3, 0.4) is 0 Å². The van der Waals surface area contributed by atoms with E-state index in [1.165, 1.54) is 0 Å². The molecule has 1 saturated heterocycles. The SMILES string of the molecule is CC1CCOC1C(Cl)c1cc2c(cc1Br)OCCO2. The molecule has 1 aromatic carbocycles. The van der Waals surface area contributed by atoms with Gasteiger partial charge in [0.05, 0.1) is 11.5 Å². The molecule has 0 N–H and O–H groups in total. The Bertz CT molecular complexity index is 480. The maximum Gasteiger partial charge on any atom is 0.162 e. The van der Waals surface area contributed by atoms with E-state index in [9.17, 15) is 0 Å². The van der Waals surface area contributed by atoms with E-state index in [2.05, 4.69) is 22.9 Å². The van der Waals surface area contributed by atoms with E-state index in [-0.39, 0.29) is 11.5 Å². The van der Waals surface area contributed by atoms with Gasteiger partial charge < -0.3 is 14.2 Å². The monoisotopic (exact) mass is 346 g/mol. The highest BCUT2D eigenvalue weighted by Crippen LogP contribution is 2.43. The quantitative estimate of drug-likeness (QED) is 0.759. The van der Waals surface area contributed by atoms with Gasteiger partial charge in [-0.3, -0.25) is 0 Å². The summed E-state index contributed by atoms with van der Waals surface area (Å²) in [5.74, 6) is 2.01. The first-order valence-corrected chi connectivity index (χ1v) is 7.74. The molecular formula is C14H16BrClO3. The first-order chi connectivity index (χ1) is 9.16. The lowest BCUT2D eigenvalue weighted by Crippen LogP contribution is -2.21. The number of hydrogen-bond acceptors (Lipinski definition) is 3. The molecule has 2 aliphatic rings. The average Bonchev–Trinajstić information content (AvgIpc) is 2.83. The van der Waals surface area contributed by atoms with Gasteiger partial charge in [0.1, 0.15) is 13.2 Å². The van der Waals surface area contributed by atoms with E-state index in [4.69, 9.17) is 25.8 Å². The van der Waals surface area contributed by atoms with Crippen molar-refractivity contribution in [3.05, 3.63) is 22.2 Å². The standard InChI is InChI=1S/C14H16BrClO3/c1-8-2-3-19-14(8)13(16)9-6-11-12(7-10(9)15)18-5-4-17-11/h6-8,13-14H,2-5H2,1H3. The molecule has 0 bridgehead atoms. The van der Waals surface area contributed by atoms with Crippen LogP contribution in [-0.2, 0) is 4.74 Å². The molecule has 3 rings (SSSR count). The summed E-state index contributed by atoms with van der Waals surface area (Å²) in [7, 11) is 0. The molecule has 5 heteroatoms. The number of benzene rings is 1. The maximum absolute atomic E-state index is 6.60. The molecule has 0 amide bonds. The van der Waals surface area contributed by atoms with Crippen molar-refractivity contribution in [2.45, 2.75) is 24.8 Å². The average molecular weight is 348 g/mol. The fourth-order valence-electron chi connectivity index (χ4n) is 2.56. The number of halogens is 2. The Labute approximate surface area is 126 Å². The summed E-state index contributed by atoms with van der Waals surface area (Å²) >= 11 is 10.2. The Morgan fingerprint density at radius 1 is 1.21 bits per heavy atom. The Morgan fingerprint density at radius 3 is 2.53 bits per heavy atom. The van der Waals surface area contributed by atoms with Gasteiger partial charge in [0.2, 0.25) is 0 Å². The van der Waals surface area contributed by atoms with Gasteiger partial charge in [0, 0.05) is 11.1 Å². The third-order valence-corrected chi connectivity index (χ3v) is 4.86. The van der Waals surface area contributed by atoms with Gasteiger partial charge in [-0.2, -0.15) is 0 Å². The van der Waals surface area contributed by atoms with Crippen LogP contribution in [0.4, 0.5) is 0 Å². The van der Waals surface area contributed by atoms with Crippen molar-refractivity contribution < 1.29 is 14.2 Å². The van der Waals surface area contributed by atoms with Gasteiger partial charge >= 0.3 is 0 Å².